The minimum absolute atomic E-state index is 0.363. The quantitative estimate of drug-likeness (QED) is 0.600. The van der Waals surface area contributed by atoms with Crippen LogP contribution in [0.3, 0.4) is 0 Å². The summed E-state index contributed by atoms with van der Waals surface area (Å²) in [4.78, 5) is 0. The van der Waals surface area contributed by atoms with Crippen molar-refractivity contribution in [3.05, 3.63) is 0 Å². The van der Waals surface area contributed by atoms with Crippen LogP contribution in [0.25, 0.3) is 0 Å². The maximum Gasteiger partial charge on any atom is 0.0701 e. The SMILES string of the molecule is CC(C)CNCCOCCOCCC(C)(C)C. The van der Waals surface area contributed by atoms with Crippen LogP contribution >= 0.6 is 0 Å². The van der Waals surface area contributed by atoms with Crippen LogP contribution in [0, 0.1) is 11.3 Å². The first-order chi connectivity index (χ1) is 7.92. The molecule has 0 fully saturated rings. The lowest BCUT2D eigenvalue weighted by Gasteiger charge is -2.17. The number of rotatable bonds is 10. The van der Waals surface area contributed by atoms with Gasteiger partial charge in [-0.15, -0.1) is 0 Å². The Balaban J connectivity index is 3.04. The molecule has 17 heavy (non-hydrogen) atoms. The van der Waals surface area contributed by atoms with Crippen molar-refractivity contribution in [2.75, 3.05) is 39.5 Å². The monoisotopic (exact) mass is 245 g/mol. The fourth-order valence-electron chi connectivity index (χ4n) is 1.24. The Kier molecular flexibility index (Phi) is 9.79. The average molecular weight is 245 g/mol. The van der Waals surface area contributed by atoms with E-state index >= 15 is 0 Å². The largest absolute Gasteiger partial charge is 0.379 e. The Bertz CT molecular complexity index is 164. The summed E-state index contributed by atoms with van der Waals surface area (Å²) in [7, 11) is 0. The normalized spacial score (nSPS) is 12.4. The highest BCUT2D eigenvalue weighted by Crippen LogP contribution is 2.17. The zero-order chi connectivity index (χ0) is 13.1. The Morgan fingerprint density at radius 3 is 2.06 bits per heavy atom. The van der Waals surface area contributed by atoms with E-state index in [0.29, 0.717) is 24.5 Å². The molecule has 0 amide bonds. The minimum atomic E-state index is 0.363. The molecule has 3 heteroatoms. The van der Waals surface area contributed by atoms with Crippen LogP contribution in [0.1, 0.15) is 41.0 Å². The summed E-state index contributed by atoms with van der Waals surface area (Å²) in [6, 6.07) is 0. The van der Waals surface area contributed by atoms with Crippen molar-refractivity contribution in [3.63, 3.8) is 0 Å². The summed E-state index contributed by atoms with van der Waals surface area (Å²) in [5.41, 5.74) is 0.363. The molecule has 0 aliphatic carbocycles. The van der Waals surface area contributed by atoms with Crippen LogP contribution in [0.15, 0.2) is 0 Å². The van der Waals surface area contributed by atoms with Gasteiger partial charge in [-0.2, -0.15) is 0 Å². The van der Waals surface area contributed by atoms with Gasteiger partial charge in [0.2, 0.25) is 0 Å². The first kappa shape index (κ1) is 16.9. The predicted octanol–water partition coefficient (Wildman–Crippen LogP) is 2.70. The molecule has 0 aliphatic rings. The Labute approximate surface area is 107 Å². The Morgan fingerprint density at radius 1 is 0.941 bits per heavy atom. The summed E-state index contributed by atoms with van der Waals surface area (Å²) in [5.74, 6) is 0.704. The average Bonchev–Trinajstić information content (AvgIpc) is 2.18. The zero-order valence-electron chi connectivity index (χ0n) is 12.3. The molecule has 104 valence electrons. The van der Waals surface area contributed by atoms with E-state index in [1.165, 1.54) is 0 Å². The summed E-state index contributed by atoms with van der Waals surface area (Å²) in [6.07, 6.45) is 1.10. The third-order valence-electron chi connectivity index (χ3n) is 2.34. The maximum atomic E-state index is 5.51. The van der Waals surface area contributed by atoms with E-state index in [1.54, 1.807) is 0 Å². The first-order valence-corrected chi connectivity index (χ1v) is 6.78. The molecule has 0 aromatic carbocycles. The van der Waals surface area contributed by atoms with Crippen molar-refractivity contribution < 1.29 is 9.47 Å². The fraction of sp³-hybridized carbons (Fsp3) is 1.00. The first-order valence-electron chi connectivity index (χ1n) is 6.78. The molecule has 0 saturated heterocycles. The van der Waals surface area contributed by atoms with Crippen LogP contribution in [0.4, 0.5) is 0 Å². The van der Waals surface area contributed by atoms with E-state index in [0.717, 1.165) is 32.7 Å². The number of hydrogen-bond donors (Lipinski definition) is 1. The van der Waals surface area contributed by atoms with E-state index in [1.807, 2.05) is 0 Å². The predicted molar refractivity (Wildman–Crippen MR) is 73.4 cm³/mol. The zero-order valence-corrected chi connectivity index (χ0v) is 12.3. The molecule has 0 aromatic heterocycles. The molecule has 0 saturated carbocycles. The van der Waals surface area contributed by atoms with Gasteiger partial charge >= 0.3 is 0 Å². The Morgan fingerprint density at radius 2 is 1.53 bits per heavy atom. The molecule has 0 atom stereocenters. The van der Waals surface area contributed by atoms with Gasteiger partial charge in [0.05, 0.1) is 19.8 Å². The van der Waals surface area contributed by atoms with Gasteiger partial charge in [-0.3, -0.25) is 0 Å². The molecule has 0 rings (SSSR count). The van der Waals surface area contributed by atoms with Gasteiger partial charge in [-0.25, -0.2) is 0 Å². The van der Waals surface area contributed by atoms with Crippen molar-refractivity contribution in [3.8, 4) is 0 Å². The molecule has 3 nitrogen and oxygen atoms in total. The number of ether oxygens (including phenoxy) is 2. The molecule has 0 unspecified atom stereocenters. The molecular formula is C14H31NO2. The van der Waals surface area contributed by atoms with Gasteiger partial charge in [0.15, 0.2) is 0 Å². The minimum Gasteiger partial charge on any atom is -0.379 e. The highest BCUT2D eigenvalue weighted by Gasteiger charge is 2.08. The van der Waals surface area contributed by atoms with E-state index in [-0.39, 0.29) is 0 Å². The lowest BCUT2D eigenvalue weighted by Crippen LogP contribution is -2.24. The highest BCUT2D eigenvalue weighted by molar-refractivity contribution is 4.59. The third kappa shape index (κ3) is 15.9. The maximum absolute atomic E-state index is 5.51. The van der Waals surface area contributed by atoms with Crippen molar-refractivity contribution in [1.29, 1.82) is 0 Å². The Hall–Kier alpha value is -0.120. The van der Waals surface area contributed by atoms with Crippen LogP contribution < -0.4 is 5.32 Å². The summed E-state index contributed by atoms with van der Waals surface area (Å²) < 4.78 is 11.0. The topological polar surface area (TPSA) is 30.5 Å². The van der Waals surface area contributed by atoms with Gasteiger partial charge in [0.25, 0.3) is 0 Å². The molecule has 1 N–H and O–H groups in total. The summed E-state index contributed by atoms with van der Waals surface area (Å²) in [6.45, 7) is 16.1. The van der Waals surface area contributed by atoms with Crippen molar-refractivity contribution in [2.24, 2.45) is 11.3 Å². The standard InChI is InChI=1S/C14H31NO2/c1-13(2)12-15-7-9-17-11-10-16-8-6-14(3,4)5/h13,15H,6-12H2,1-5H3. The van der Waals surface area contributed by atoms with E-state index in [2.05, 4.69) is 39.9 Å². The van der Waals surface area contributed by atoms with Gasteiger partial charge in [-0.05, 0) is 24.3 Å². The van der Waals surface area contributed by atoms with Gasteiger partial charge in [0.1, 0.15) is 0 Å². The second-order valence-corrected chi connectivity index (χ2v) is 6.13. The molecule has 0 aliphatic heterocycles. The molecule has 0 radical (unpaired) electrons. The second kappa shape index (κ2) is 9.86. The summed E-state index contributed by atoms with van der Waals surface area (Å²) >= 11 is 0. The van der Waals surface area contributed by atoms with Crippen LogP contribution in [-0.4, -0.2) is 39.5 Å². The highest BCUT2D eigenvalue weighted by atomic mass is 16.5. The van der Waals surface area contributed by atoms with Gasteiger partial charge in [0, 0.05) is 13.2 Å². The van der Waals surface area contributed by atoms with Crippen LogP contribution in [-0.2, 0) is 9.47 Å². The lowest BCUT2D eigenvalue weighted by molar-refractivity contribution is 0.0396. The lowest BCUT2D eigenvalue weighted by atomic mass is 9.93. The van der Waals surface area contributed by atoms with E-state index in [4.69, 9.17) is 9.47 Å². The molecule has 0 bridgehead atoms. The molecule has 0 aromatic rings. The van der Waals surface area contributed by atoms with Crippen LogP contribution in [0.5, 0.6) is 0 Å². The fourth-order valence-corrected chi connectivity index (χ4v) is 1.24. The molecule has 0 heterocycles. The van der Waals surface area contributed by atoms with E-state index < -0.39 is 0 Å². The van der Waals surface area contributed by atoms with Crippen molar-refractivity contribution >= 4 is 0 Å². The summed E-state index contributed by atoms with van der Waals surface area (Å²) in [5, 5.41) is 3.34. The van der Waals surface area contributed by atoms with Crippen molar-refractivity contribution in [2.45, 2.75) is 41.0 Å². The van der Waals surface area contributed by atoms with Gasteiger partial charge in [-0.1, -0.05) is 34.6 Å². The van der Waals surface area contributed by atoms with Crippen LogP contribution in [0.2, 0.25) is 0 Å². The van der Waals surface area contributed by atoms with Gasteiger partial charge < -0.3 is 14.8 Å². The molecular weight excluding hydrogens is 214 g/mol. The van der Waals surface area contributed by atoms with Crippen molar-refractivity contribution in [1.82, 2.24) is 5.32 Å². The number of nitrogens with one attached hydrogen (secondary N) is 1. The number of hydrogen-bond acceptors (Lipinski definition) is 3. The smallest absolute Gasteiger partial charge is 0.0701 e. The molecule has 0 spiro atoms. The third-order valence-corrected chi connectivity index (χ3v) is 2.34. The second-order valence-electron chi connectivity index (χ2n) is 6.13. The van der Waals surface area contributed by atoms with E-state index in [9.17, 15) is 0 Å².